The Morgan fingerprint density at radius 3 is 2.68 bits per heavy atom. The molecule has 0 aliphatic rings. The van der Waals surface area contributed by atoms with Gasteiger partial charge >= 0.3 is 5.97 Å². The van der Waals surface area contributed by atoms with Crippen molar-refractivity contribution in [2.45, 2.75) is 45.9 Å². The van der Waals surface area contributed by atoms with Gasteiger partial charge in [-0.1, -0.05) is 0 Å². The second-order valence-corrected chi connectivity index (χ2v) is 6.99. The molecule has 0 amide bonds. The fraction of sp³-hybridized carbons (Fsp3) is 0.389. The topological polar surface area (TPSA) is 82.2 Å². The van der Waals surface area contributed by atoms with Crippen LogP contribution in [0.25, 0.3) is 16.6 Å². The van der Waals surface area contributed by atoms with E-state index in [4.69, 9.17) is 4.74 Å². The van der Waals surface area contributed by atoms with Crippen LogP contribution in [0, 0.1) is 0 Å². The highest BCUT2D eigenvalue weighted by molar-refractivity contribution is 5.84. The molecule has 0 aliphatic carbocycles. The largest absolute Gasteiger partial charge is 0.459 e. The molecule has 2 heterocycles. The number of esters is 1. The number of aromatic nitrogens is 4. The van der Waals surface area contributed by atoms with Crippen LogP contribution in [0.3, 0.4) is 0 Å². The molecule has 25 heavy (non-hydrogen) atoms. The summed E-state index contributed by atoms with van der Waals surface area (Å²) in [7, 11) is 0. The second-order valence-electron chi connectivity index (χ2n) is 6.99. The van der Waals surface area contributed by atoms with Gasteiger partial charge in [0.15, 0.2) is 0 Å². The molecule has 0 unspecified atom stereocenters. The smallest absolute Gasteiger partial charge is 0.328 e. The highest BCUT2D eigenvalue weighted by Crippen LogP contribution is 2.27. The van der Waals surface area contributed by atoms with Crippen molar-refractivity contribution in [1.29, 1.82) is 0 Å². The molecule has 0 saturated heterocycles. The van der Waals surface area contributed by atoms with Crippen molar-refractivity contribution in [1.82, 2.24) is 19.6 Å². The number of aliphatic hydroxyl groups is 1. The molecule has 132 valence electrons. The van der Waals surface area contributed by atoms with E-state index in [0.717, 1.165) is 16.6 Å². The summed E-state index contributed by atoms with van der Waals surface area (Å²) in [6.07, 6.45) is 4.51. The van der Waals surface area contributed by atoms with Crippen molar-refractivity contribution < 1.29 is 14.6 Å². The Balaban J connectivity index is 2.01. The molecule has 2 aromatic heterocycles. The Labute approximate surface area is 145 Å². The molecule has 0 saturated carbocycles. The number of benzene rings is 1. The summed E-state index contributed by atoms with van der Waals surface area (Å²) in [5.41, 5.74) is 1.71. The molecular weight excluding hydrogens is 320 g/mol. The maximum Gasteiger partial charge on any atom is 0.328 e. The van der Waals surface area contributed by atoms with Crippen LogP contribution in [0.5, 0.6) is 0 Å². The van der Waals surface area contributed by atoms with Gasteiger partial charge in [0.05, 0.1) is 23.5 Å². The number of hydrogen-bond donors (Lipinski definition) is 1. The minimum atomic E-state index is -0.687. The number of ether oxygens (including phenoxy) is 1. The lowest BCUT2D eigenvalue weighted by Gasteiger charge is -2.19. The molecule has 1 N–H and O–H groups in total. The average molecular weight is 342 g/mol. The Bertz CT molecular complexity index is 889. The maximum atomic E-state index is 12.1. The van der Waals surface area contributed by atoms with Gasteiger partial charge in [-0.2, -0.15) is 10.2 Å². The van der Waals surface area contributed by atoms with E-state index in [2.05, 4.69) is 10.2 Å². The zero-order valence-electron chi connectivity index (χ0n) is 14.8. The number of nitrogens with zero attached hydrogens (tertiary/aromatic N) is 4. The maximum absolute atomic E-state index is 12.1. The predicted molar refractivity (Wildman–Crippen MR) is 93.3 cm³/mol. The summed E-state index contributed by atoms with van der Waals surface area (Å²) in [4.78, 5) is 12.1. The zero-order valence-corrected chi connectivity index (χ0v) is 14.8. The van der Waals surface area contributed by atoms with E-state index < -0.39 is 11.7 Å². The molecule has 0 fully saturated rings. The monoisotopic (exact) mass is 342 g/mol. The van der Waals surface area contributed by atoms with Crippen LogP contribution < -0.4 is 0 Å². The van der Waals surface area contributed by atoms with E-state index >= 15 is 0 Å². The number of rotatable bonds is 4. The van der Waals surface area contributed by atoms with E-state index in [9.17, 15) is 9.90 Å². The lowest BCUT2D eigenvalue weighted by Crippen LogP contribution is -2.26. The molecule has 1 atom stereocenters. The molecule has 0 bridgehead atoms. The summed E-state index contributed by atoms with van der Waals surface area (Å²) in [6, 6.07) is 5.57. The van der Waals surface area contributed by atoms with Crippen LogP contribution in [0.2, 0.25) is 0 Å². The van der Waals surface area contributed by atoms with E-state index in [-0.39, 0.29) is 12.5 Å². The van der Waals surface area contributed by atoms with Crippen molar-refractivity contribution in [2.75, 3.05) is 0 Å². The van der Waals surface area contributed by atoms with Crippen LogP contribution >= 0.6 is 0 Å². The highest BCUT2D eigenvalue weighted by atomic mass is 16.6. The Morgan fingerprint density at radius 2 is 2.08 bits per heavy atom. The van der Waals surface area contributed by atoms with Crippen molar-refractivity contribution >= 4 is 16.9 Å². The first-order valence-electron chi connectivity index (χ1n) is 8.14. The first-order chi connectivity index (χ1) is 11.7. The predicted octanol–water partition coefficient (Wildman–Crippen LogP) is 2.62. The zero-order chi connectivity index (χ0) is 18.2. The minimum Gasteiger partial charge on any atom is -0.459 e. The molecular formula is C18H22N4O3. The van der Waals surface area contributed by atoms with E-state index in [1.54, 1.807) is 28.7 Å². The van der Waals surface area contributed by atoms with Crippen LogP contribution in [-0.2, 0) is 16.1 Å². The molecule has 0 spiro atoms. The van der Waals surface area contributed by atoms with Crippen LogP contribution in [0.1, 0.15) is 39.4 Å². The minimum absolute atomic E-state index is 0.0150. The third kappa shape index (κ3) is 3.71. The van der Waals surface area contributed by atoms with E-state index in [1.807, 2.05) is 45.2 Å². The number of fused-ring (bicyclic) bond motifs is 1. The first-order valence-corrected chi connectivity index (χ1v) is 8.14. The lowest BCUT2D eigenvalue weighted by molar-refractivity contribution is -0.155. The van der Waals surface area contributed by atoms with Crippen molar-refractivity contribution in [3.05, 3.63) is 42.4 Å². The molecule has 3 aromatic rings. The standard InChI is InChI=1S/C18H22N4O3/c1-12(23)14-9-15-13(8-16(14)21-7-5-6-19-21)10-20-22(15)11-17(24)25-18(2,3)4/h5-10,12,23H,11H2,1-4H3/t12-/m1/s1. The van der Waals surface area contributed by atoms with Gasteiger partial charge in [-0.25, -0.2) is 4.68 Å². The second kappa shape index (κ2) is 6.33. The summed E-state index contributed by atoms with van der Waals surface area (Å²) >= 11 is 0. The summed E-state index contributed by atoms with van der Waals surface area (Å²) in [5.74, 6) is -0.354. The average Bonchev–Trinajstić information content (AvgIpc) is 3.14. The first kappa shape index (κ1) is 17.2. The highest BCUT2D eigenvalue weighted by Gasteiger charge is 2.19. The quantitative estimate of drug-likeness (QED) is 0.737. The van der Waals surface area contributed by atoms with Crippen molar-refractivity contribution in [3.63, 3.8) is 0 Å². The number of aliphatic hydroxyl groups excluding tert-OH is 1. The third-order valence-corrected chi connectivity index (χ3v) is 3.69. The van der Waals surface area contributed by atoms with Gasteiger partial charge in [0.1, 0.15) is 12.1 Å². The molecule has 7 nitrogen and oxygen atoms in total. The van der Waals surface area contributed by atoms with Gasteiger partial charge in [-0.3, -0.25) is 9.48 Å². The molecule has 0 radical (unpaired) electrons. The van der Waals surface area contributed by atoms with E-state index in [0.29, 0.717) is 5.56 Å². The van der Waals surface area contributed by atoms with Gasteiger partial charge in [-0.15, -0.1) is 0 Å². The van der Waals surface area contributed by atoms with Crippen LogP contribution in [0.4, 0.5) is 0 Å². The Kier molecular flexibility index (Phi) is 4.34. The third-order valence-electron chi connectivity index (χ3n) is 3.69. The Morgan fingerprint density at radius 1 is 1.32 bits per heavy atom. The summed E-state index contributed by atoms with van der Waals surface area (Å²) in [6.45, 7) is 7.19. The summed E-state index contributed by atoms with van der Waals surface area (Å²) < 4.78 is 8.64. The normalized spacial score (nSPS) is 13.2. The molecule has 7 heteroatoms. The molecule has 3 rings (SSSR count). The van der Waals surface area contributed by atoms with Gasteiger partial charge in [-0.05, 0) is 45.9 Å². The van der Waals surface area contributed by atoms with Crippen molar-refractivity contribution in [2.24, 2.45) is 0 Å². The number of carbonyl (C=O) groups excluding carboxylic acids is 1. The fourth-order valence-corrected chi connectivity index (χ4v) is 2.70. The van der Waals surface area contributed by atoms with Gasteiger partial charge < -0.3 is 9.84 Å². The Hall–Kier alpha value is -2.67. The van der Waals surface area contributed by atoms with Gasteiger partial charge in [0.2, 0.25) is 0 Å². The molecule has 0 aliphatic heterocycles. The summed E-state index contributed by atoms with van der Waals surface area (Å²) in [5, 5.41) is 19.6. The van der Waals surface area contributed by atoms with Gasteiger partial charge in [0, 0.05) is 23.3 Å². The van der Waals surface area contributed by atoms with Crippen LogP contribution in [0.15, 0.2) is 36.8 Å². The van der Waals surface area contributed by atoms with Crippen molar-refractivity contribution in [3.8, 4) is 5.69 Å². The number of carbonyl (C=O) groups is 1. The van der Waals surface area contributed by atoms with Crippen LogP contribution in [-0.4, -0.2) is 36.2 Å². The number of hydrogen-bond acceptors (Lipinski definition) is 5. The van der Waals surface area contributed by atoms with Gasteiger partial charge in [0.25, 0.3) is 0 Å². The lowest BCUT2D eigenvalue weighted by atomic mass is 10.1. The fourth-order valence-electron chi connectivity index (χ4n) is 2.70. The van der Waals surface area contributed by atoms with E-state index in [1.165, 1.54) is 0 Å². The molecule has 1 aromatic carbocycles. The SMILES string of the molecule is C[C@@H](O)c1cc2c(cnn2CC(=O)OC(C)(C)C)cc1-n1cccn1.